The number of carbonyl (C=O) groups excluding carboxylic acids is 2. The summed E-state index contributed by atoms with van der Waals surface area (Å²) >= 11 is 0. The van der Waals surface area contributed by atoms with Crippen molar-refractivity contribution in [1.29, 1.82) is 0 Å². The van der Waals surface area contributed by atoms with E-state index in [1.54, 1.807) is 0 Å². The van der Waals surface area contributed by atoms with Gasteiger partial charge in [0.2, 0.25) is 5.91 Å². The van der Waals surface area contributed by atoms with E-state index in [1.807, 2.05) is 64.9 Å². The first-order valence-corrected chi connectivity index (χ1v) is 11.1. The number of hydrogen-bond donors (Lipinski definition) is 1. The van der Waals surface area contributed by atoms with Crippen LogP contribution in [0.3, 0.4) is 0 Å². The highest BCUT2D eigenvalue weighted by Gasteiger charge is 2.22. The van der Waals surface area contributed by atoms with Crippen LogP contribution in [0.2, 0.25) is 0 Å². The van der Waals surface area contributed by atoms with Gasteiger partial charge in [0.25, 0.3) is 5.91 Å². The fourth-order valence-corrected chi connectivity index (χ4v) is 4.20. The van der Waals surface area contributed by atoms with Crippen molar-refractivity contribution in [3.63, 3.8) is 0 Å². The van der Waals surface area contributed by atoms with Gasteiger partial charge in [0.05, 0.1) is 11.0 Å². The van der Waals surface area contributed by atoms with Crippen molar-refractivity contribution in [2.75, 3.05) is 19.6 Å². The Hall–Kier alpha value is -3.15. The summed E-state index contributed by atoms with van der Waals surface area (Å²) in [4.78, 5) is 32.2. The molecule has 1 saturated heterocycles. The Bertz CT molecular complexity index is 1080. The highest BCUT2D eigenvalue weighted by Crippen LogP contribution is 2.19. The molecule has 6 heteroatoms. The van der Waals surface area contributed by atoms with Crippen molar-refractivity contribution in [2.45, 2.75) is 39.7 Å². The summed E-state index contributed by atoms with van der Waals surface area (Å²) in [6.07, 6.45) is 2.69. The Morgan fingerprint density at radius 3 is 2.55 bits per heavy atom. The lowest BCUT2D eigenvalue weighted by molar-refractivity contribution is -0.133. The number of para-hydroxylation sites is 2. The molecule has 1 aliphatic heterocycles. The lowest BCUT2D eigenvalue weighted by Crippen LogP contribution is -2.40. The first kappa shape index (κ1) is 21.1. The van der Waals surface area contributed by atoms with E-state index in [-0.39, 0.29) is 18.4 Å². The van der Waals surface area contributed by atoms with E-state index in [4.69, 9.17) is 4.98 Å². The van der Waals surface area contributed by atoms with Crippen molar-refractivity contribution >= 4 is 22.8 Å². The van der Waals surface area contributed by atoms with Crippen LogP contribution in [0, 0.1) is 12.8 Å². The van der Waals surface area contributed by atoms with Crippen LogP contribution in [0.5, 0.6) is 0 Å². The fourth-order valence-electron chi connectivity index (χ4n) is 4.20. The van der Waals surface area contributed by atoms with Gasteiger partial charge in [0.15, 0.2) is 0 Å². The number of likely N-dealkylation sites (tertiary alicyclic amines) is 1. The molecule has 0 spiro atoms. The molecule has 0 atom stereocenters. The summed E-state index contributed by atoms with van der Waals surface area (Å²) in [5.41, 5.74) is 3.48. The molecule has 6 nitrogen and oxygen atoms in total. The van der Waals surface area contributed by atoms with Crippen LogP contribution < -0.4 is 5.32 Å². The van der Waals surface area contributed by atoms with E-state index >= 15 is 0 Å². The zero-order valence-corrected chi connectivity index (χ0v) is 18.3. The van der Waals surface area contributed by atoms with Gasteiger partial charge < -0.3 is 14.8 Å². The van der Waals surface area contributed by atoms with Crippen molar-refractivity contribution in [1.82, 2.24) is 19.8 Å². The normalized spacial score (nSPS) is 14.7. The molecule has 4 rings (SSSR count). The van der Waals surface area contributed by atoms with Crippen LogP contribution in [0.1, 0.15) is 41.5 Å². The van der Waals surface area contributed by atoms with E-state index < -0.39 is 0 Å². The Morgan fingerprint density at radius 1 is 1.06 bits per heavy atom. The van der Waals surface area contributed by atoms with E-state index in [0.29, 0.717) is 24.4 Å². The first-order valence-electron chi connectivity index (χ1n) is 11.1. The van der Waals surface area contributed by atoms with Crippen molar-refractivity contribution in [3.8, 4) is 0 Å². The van der Waals surface area contributed by atoms with Gasteiger partial charge in [-0.2, -0.15) is 0 Å². The highest BCUT2D eigenvalue weighted by atomic mass is 16.2. The number of fused-ring (bicyclic) bond motifs is 1. The molecular weight excluding hydrogens is 388 g/mol. The molecule has 2 amide bonds. The van der Waals surface area contributed by atoms with Gasteiger partial charge in [-0.15, -0.1) is 0 Å². The average Bonchev–Trinajstić information content (AvgIpc) is 3.11. The number of hydrogen-bond acceptors (Lipinski definition) is 3. The van der Waals surface area contributed by atoms with Crippen LogP contribution in [0.25, 0.3) is 11.0 Å². The minimum Gasteiger partial charge on any atom is -0.352 e. The van der Waals surface area contributed by atoms with Crippen molar-refractivity contribution in [2.24, 2.45) is 5.92 Å². The minimum atomic E-state index is -0.0840. The Kier molecular flexibility index (Phi) is 6.35. The Balaban J connectivity index is 1.47. The van der Waals surface area contributed by atoms with Crippen LogP contribution in [0.4, 0.5) is 0 Å². The number of imidazole rings is 1. The number of carbonyl (C=O) groups is 2. The summed E-state index contributed by atoms with van der Waals surface area (Å²) in [7, 11) is 0. The fraction of sp³-hybridized carbons (Fsp3) is 0.400. The largest absolute Gasteiger partial charge is 0.352 e. The summed E-state index contributed by atoms with van der Waals surface area (Å²) in [6.45, 7) is 6.58. The third-order valence-electron chi connectivity index (χ3n) is 6.19. The summed E-state index contributed by atoms with van der Waals surface area (Å²) in [6, 6.07) is 15.5. The molecule has 2 heterocycles. The summed E-state index contributed by atoms with van der Waals surface area (Å²) in [5, 5.41) is 2.99. The van der Waals surface area contributed by atoms with Gasteiger partial charge in [-0.25, -0.2) is 4.98 Å². The van der Waals surface area contributed by atoms with E-state index in [9.17, 15) is 9.59 Å². The predicted octanol–water partition coefficient (Wildman–Crippen LogP) is 3.58. The lowest BCUT2D eigenvalue weighted by Gasteiger charge is -2.30. The van der Waals surface area contributed by atoms with Gasteiger partial charge in [0.1, 0.15) is 12.4 Å². The third kappa shape index (κ3) is 4.79. The maximum atomic E-state index is 13.0. The third-order valence-corrected chi connectivity index (χ3v) is 6.19. The topological polar surface area (TPSA) is 67.2 Å². The van der Waals surface area contributed by atoms with Gasteiger partial charge in [-0.05, 0) is 49.4 Å². The van der Waals surface area contributed by atoms with E-state index in [2.05, 4.69) is 12.2 Å². The highest BCUT2D eigenvalue weighted by molar-refractivity contribution is 5.95. The monoisotopic (exact) mass is 418 g/mol. The second kappa shape index (κ2) is 9.33. The molecule has 1 aromatic heterocycles. The summed E-state index contributed by atoms with van der Waals surface area (Å²) < 4.78 is 2.01. The number of aryl methyl sites for hydroxylation is 1. The molecule has 1 aliphatic rings. The number of rotatable bonds is 6. The van der Waals surface area contributed by atoms with Crippen molar-refractivity contribution < 1.29 is 9.59 Å². The molecule has 0 bridgehead atoms. The number of nitrogens with one attached hydrogen (secondary N) is 1. The molecule has 0 radical (unpaired) electrons. The molecule has 2 aromatic carbocycles. The predicted molar refractivity (Wildman–Crippen MR) is 122 cm³/mol. The van der Waals surface area contributed by atoms with Crippen LogP contribution in [0.15, 0.2) is 48.5 Å². The molecule has 0 saturated carbocycles. The zero-order valence-electron chi connectivity index (χ0n) is 18.3. The maximum Gasteiger partial charge on any atom is 0.251 e. The molecule has 31 heavy (non-hydrogen) atoms. The standard InChI is InChI=1S/C25H30N4O2/c1-18-12-15-28(16-13-18)24(30)17-29-22-10-6-5-9-21(22)27-23(29)11-14-26-25(31)20-8-4-3-7-19(20)2/h3-10,18H,11-17H2,1-2H3,(H,26,31). The molecule has 3 aromatic rings. The Labute approximate surface area is 183 Å². The molecule has 162 valence electrons. The number of nitrogens with zero attached hydrogens (tertiary/aromatic N) is 3. The quantitative estimate of drug-likeness (QED) is 0.665. The average molecular weight is 419 g/mol. The number of aromatic nitrogens is 2. The second-order valence-corrected chi connectivity index (χ2v) is 8.49. The molecule has 1 N–H and O–H groups in total. The zero-order chi connectivity index (χ0) is 21.8. The number of benzene rings is 2. The van der Waals surface area contributed by atoms with Crippen molar-refractivity contribution in [3.05, 3.63) is 65.5 Å². The van der Waals surface area contributed by atoms with Crippen LogP contribution >= 0.6 is 0 Å². The second-order valence-electron chi connectivity index (χ2n) is 8.49. The lowest BCUT2D eigenvalue weighted by atomic mass is 9.99. The van der Waals surface area contributed by atoms with E-state index in [1.165, 1.54) is 0 Å². The smallest absolute Gasteiger partial charge is 0.251 e. The molecule has 0 unspecified atom stereocenters. The van der Waals surface area contributed by atoms with Crippen LogP contribution in [-0.2, 0) is 17.8 Å². The van der Waals surface area contributed by atoms with Gasteiger partial charge in [0, 0.05) is 31.6 Å². The minimum absolute atomic E-state index is 0.0840. The molecule has 0 aliphatic carbocycles. The SMILES string of the molecule is Cc1ccccc1C(=O)NCCc1nc2ccccc2n1CC(=O)N1CCC(C)CC1. The van der Waals surface area contributed by atoms with Gasteiger partial charge in [-0.1, -0.05) is 37.3 Å². The van der Waals surface area contributed by atoms with Crippen LogP contribution in [-0.4, -0.2) is 45.9 Å². The molecular formula is C25H30N4O2. The maximum absolute atomic E-state index is 13.0. The number of amides is 2. The number of piperidine rings is 1. The Morgan fingerprint density at radius 2 is 1.77 bits per heavy atom. The first-order chi connectivity index (χ1) is 15.0. The van der Waals surface area contributed by atoms with E-state index in [0.717, 1.165) is 48.4 Å². The van der Waals surface area contributed by atoms with Gasteiger partial charge in [-0.3, -0.25) is 9.59 Å². The van der Waals surface area contributed by atoms with Gasteiger partial charge >= 0.3 is 0 Å². The summed E-state index contributed by atoms with van der Waals surface area (Å²) in [5.74, 6) is 1.56. The molecule has 1 fully saturated rings.